The van der Waals surface area contributed by atoms with Crippen LogP contribution in [0.5, 0.6) is 0 Å². The van der Waals surface area contributed by atoms with Crippen molar-refractivity contribution in [3.05, 3.63) is 133 Å². The summed E-state index contributed by atoms with van der Waals surface area (Å²) in [4.78, 5) is 12.6. The van der Waals surface area contributed by atoms with Gasteiger partial charge in [-0.25, -0.2) is 9.37 Å². The molecular weight excluding hydrogens is 535 g/mol. The molecule has 6 nitrogen and oxygen atoms in total. The molecule has 0 saturated carbocycles. The molecule has 216 valence electrons. The smallest absolute Gasteiger partial charge is 0.159 e. The van der Waals surface area contributed by atoms with E-state index in [1.807, 2.05) is 51.1 Å². The number of hydrogen-bond acceptors (Lipinski definition) is 4. The number of benzene rings is 3. The molecule has 0 bridgehead atoms. The van der Waals surface area contributed by atoms with Crippen LogP contribution in [0.3, 0.4) is 0 Å². The van der Waals surface area contributed by atoms with Crippen LogP contribution in [0.1, 0.15) is 31.9 Å². The Kier molecular flexibility index (Phi) is 9.34. The Morgan fingerprint density at radius 3 is 2.51 bits per heavy atom. The maximum absolute atomic E-state index is 13.5. The van der Waals surface area contributed by atoms with Crippen molar-refractivity contribution in [3.8, 4) is 22.6 Å². The van der Waals surface area contributed by atoms with Crippen LogP contribution in [-0.2, 0) is 6.54 Å². The average Bonchev–Trinajstić information content (AvgIpc) is 3.68. The zero-order valence-corrected chi connectivity index (χ0v) is 24.7. The van der Waals surface area contributed by atoms with Gasteiger partial charge >= 0.3 is 0 Å². The summed E-state index contributed by atoms with van der Waals surface area (Å²) in [7, 11) is 0. The maximum Gasteiger partial charge on any atom is 0.159 e. The van der Waals surface area contributed by atoms with Crippen molar-refractivity contribution in [3.63, 3.8) is 0 Å². The first-order chi connectivity index (χ1) is 21.1. The van der Waals surface area contributed by atoms with Crippen molar-refractivity contribution >= 4 is 27.5 Å². The fraction of sp³-hybridized carbons (Fsp3) is 0.139. The van der Waals surface area contributed by atoms with Gasteiger partial charge in [0.25, 0.3) is 0 Å². The van der Waals surface area contributed by atoms with E-state index in [2.05, 4.69) is 68.5 Å². The largest absolute Gasteiger partial charge is 0.335 e. The molecule has 0 atom stereocenters. The number of nitrogens with one attached hydrogen (secondary N) is 3. The third-order valence-corrected chi connectivity index (χ3v) is 7.09. The third-order valence-electron chi connectivity index (χ3n) is 7.09. The van der Waals surface area contributed by atoms with Gasteiger partial charge in [0.2, 0.25) is 0 Å². The van der Waals surface area contributed by atoms with Gasteiger partial charge in [-0.15, -0.1) is 0 Å². The number of rotatable bonds is 9. The van der Waals surface area contributed by atoms with Crippen LogP contribution >= 0.6 is 0 Å². The standard InChI is InChI=1S/C34H29FN6.C2H6/c1-3-22(18-36-19-23-8-6-5-7-9-23)16-24(4-2)26-12-15-30-28(17-26)33(41-40-30)34-38-31-21-37-20-29(32(31)39-34)25-10-13-27(35)14-11-25;1-2/h3-17,20-21,36H,1,18-19H2,2H3,(H,38,39)(H,40,41);1-2H3/b22-16+,24-4+;. The van der Waals surface area contributed by atoms with E-state index in [0.29, 0.717) is 12.4 Å². The summed E-state index contributed by atoms with van der Waals surface area (Å²) >= 11 is 0. The lowest BCUT2D eigenvalue weighted by atomic mass is 10.00. The predicted molar refractivity (Wildman–Crippen MR) is 176 cm³/mol. The number of H-pyrrole nitrogens is 2. The van der Waals surface area contributed by atoms with E-state index in [1.165, 1.54) is 17.7 Å². The second kappa shape index (κ2) is 13.7. The second-order valence-electron chi connectivity index (χ2n) is 9.76. The van der Waals surface area contributed by atoms with Crippen molar-refractivity contribution in [1.82, 2.24) is 30.5 Å². The second-order valence-corrected chi connectivity index (χ2v) is 9.76. The number of aromatic nitrogens is 5. The van der Waals surface area contributed by atoms with Gasteiger partial charge in [-0.1, -0.05) is 87.2 Å². The summed E-state index contributed by atoms with van der Waals surface area (Å²) in [6.07, 6.45) is 9.64. The Morgan fingerprint density at radius 2 is 1.77 bits per heavy atom. The molecule has 3 N–H and O–H groups in total. The quantitative estimate of drug-likeness (QED) is 0.152. The molecule has 43 heavy (non-hydrogen) atoms. The molecule has 0 amide bonds. The van der Waals surface area contributed by atoms with Gasteiger partial charge in [0, 0.05) is 30.2 Å². The van der Waals surface area contributed by atoms with Crippen LogP contribution in [0.2, 0.25) is 0 Å². The first-order valence-corrected chi connectivity index (χ1v) is 14.5. The lowest BCUT2D eigenvalue weighted by molar-refractivity contribution is 0.628. The topological polar surface area (TPSA) is 82.3 Å². The normalized spacial score (nSPS) is 11.9. The van der Waals surface area contributed by atoms with Crippen LogP contribution in [0.15, 0.2) is 116 Å². The highest BCUT2D eigenvalue weighted by atomic mass is 19.1. The van der Waals surface area contributed by atoms with Crippen molar-refractivity contribution in [2.75, 3.05) is 6.54 Å². The molecule has 0 saturated heterocycles. The van der Waals surface area contributed by atoms with Crippen molar-refractivity contribution in [2.24, 2.45) is 0 Å². The Hall–Kier alpha value is -5.14. The molecule has 0 fully saturated rings. The van der Waals surface area contributed by atoms with Crippen molar-refractivity contribution < 1.29 is 4.39 Å². The molecule has 3 aromatic carbocycles. The van der Waals surface area contributed by atoms with E-state index in [9.17, 15) is 4.39 Å². The molecule has 0 aliphatic rings. The molecule has 6 rings (SSSR count). The average molecular weight is 571 g/mol. The van der Waals surface area contributed by atoms with E-state index < -0.39 is 0 Å². The fourth-order valence-corrected chi connectivity index (χ4v) is 4.92. The minimum absolute atomic E-state index is 0.283. The third kappa shape index (κ3) is 6.52. The highest BCUT2D eigenvalue weighted by Gasteiger charge is 2.16. The van der Waals surface area contributed by atoms with Crippen LogP contribution in [0, 0.1) is 5.82 Å². The lowest BCUT2D eigenvalue weighted by Gasteiger charge is -2.09. The fourth-order valence-electron chi connectivity index (χ4n) is 4.92. The molecular formula is C36H35FN6. The zero-order chi connectivity index (χ0) is 30.2. The predicted octanol–water partition coefficient (Wildman–Crippen LogP) is 8.64. The van der Waals surface area contributed by atoms with Gasteiger partial charge in [0.1, 0.15) is 11.5 Å². The molecule has 3 heterocycles. The van der Waals surface area contributed by atoms with Crippen LogP contribution in [-0.4, -0.2) is 31.7 Å². The number of imidazole rings is 1. The summed E-state index contributed by atoms with van der Waals surface area (Å²) in [6.45, 7) is 11.6. The number of hydrogen-bond donors (Lipinski definition) is 3. The van der Waals surface area contributed by atoms with E-state index in [0.717, 1.165) is 62.0 Å². The van der Waals surface area contributed by atoms with E-state index >= 15 is 0 Å². The van der Waals surface area contributed by atoms with Crippen molar-refractivity contribution in [2.45, 2.75) is 27.3 Å². The number of fused-ring (bicyclic) bond motifs is 2. The summed E-state index contributed by atoms with van der Waals surface area (Å²) in [5, 5.41) is 12.2. The van der Waals surface area contributed by atoms with Gasteiger partial charge in [-0.05, 0) is 59.0 Å². The minimum atomic E-state index is -0.283. The Balaban J connectivity index is 0.00000180. The highest BCUT2D eigenvalue weighted by molar-refractivity contribution is 5.98. The van der Waals surface area contributed by atoms with Gasteiger partial charge in [0.15, 0.2) is 5.82 Å². The zero-order valence-electron chi connectivity index (χ0n) is 24.7. The van der Waals surface area contributed by atoms with Gasteiger partial charge in [-0.2, -0.15) is 5.10 Å². The van der Waals surface area contributed by atoms with E-state index in [1.54, 1.807) is 24.5 Å². The Morgan fingerprint density at radius 1 is 0.977 bits per heavy atom. The van der Waals surface area contributed by atoms with Gasteiger partial charge in [0.05, 0.1) is 22.7 Å². The Bertz CT molecular complexity index is 1900. The van der Waals surface area contributed by atoms with Crippen molar-refractivity contribution in [1.29, 1.82) is 0 Å². The maximum atomic E-state index is 13.5. The Labute approximate surface area is 251 Å². The summed E-state index contributed by atoms with van der Waals surface area (Å²) in [5.41, 5.74) is 9.32. The summed E-state index contributed by atoms with van der Waals surface area (Å²) in [6, 6.07) is 22.9. The summed E-state index contributed by atoms with van der Waals surface area (Å²) < 4.78 is 13.5. The molecule has 7 heteroatoms. The molecule has 0 spiro atoms. The summed E-state index contributed by atoms with van der Waals surface area (Å²) in [5.74, 6) is 0.351. The number of aromatic amines is 2. The van der Waals surface area contributed by atoms with Gasteiger partial charge < -0.3 is 10.3 Å². The molecule has 6 aromatic rings. The molecule has 3 aromatic heterocycles. The van der Waals surface area contributed by atoms with Crippen LogP contribution < -0.4 is 5.32 Å². The number of nitrogens with zero attached hydrogens (tertiary/aromatic N) is 3. The molecule has 0 aliphatic heterocycles. The molecule has 0 unspecified atom stereocenters. The SMILES string of the molecule is C=C/C(=C\C(=C/C)c1ccc2[nH]nc(-c3nc4c(-c5ccc(F)cc5)cncc4[nH]3)c2c1)CNCc1ccccc1.CC. The lowest BCUT2D eigenvalue weighted by Crippen LogP contribution is -2.15. The monoisotopic (exact) mass is 570 g/mol. The number of pyridine rings is 1. The number of halogens is 1. The van der Waals surface area contributed by atoms with E-state index in [4.69, 9.17) is 4.98 Å². The first kappa shape index (κ1) is 29.4. The first-order valence-electron chi connectivity index (χ1n) is 14.5. The van der Waals surface area contributed by atoms with Crippen LogP contribution in [0.4, 0.5) is 4.39 Å². The van der Waals surface area contributed by atoms with E-state index in [-0.39, 0.29) is 5.82 Å². The highest BCUT2D eigenvalue weighted by Crippen LogP contribution is 2.32. The minimum Gasteiger partial charge on any atom is -0.335 e. The van der Waals surface area contributed by atoms with Gasteiger partial charge in [-0.3, -0.25) is 10.1 Å². The number of allylic oxidation sites excluding steroid dienone is 3. The molecule has 0 radical (unpaired) electrons. The molecule has 0 aliphatic carbocycles. The van der Waals surface area contributed by atoms with Crippen LogP contribution in [0.25, 0.3) is 50.2 Å².